The highest BCUT2D eigenvalue weighted by Crippen LogP contribution is 2.38. The lowest BCUT2D eigenvalue weighted by atomic mass is 9.98. The molecule has 1 spiro atoms. The first kappa shape index (κ1) is 16.0. The summed E-state index contributed by atoms with van der Waals surface area (Å²) < 4.78 is 5.55. The van der Waals surface area contributed by atoms with E-state index < -0.39 is 5.60 Å². The highest BCUT2D eigenvalue weighted by Gasteiger charge is 2.43. The lowest BCUT2D eigenvalue weighted by Gasteiger charge is -2.48. The van der Waals surface area contributed by atoms with Crippen molar-refractivity contribution in [1.82, 2.24) is 10.2 Å². The molecule has 20 heavy (non-hydrogen) atoms. The van der Waals surface area contributed by atoms with Crippen LogP contribution in [-0.4, -0.2) is 46.3 Å². The van der Waals surface area contributed by atoms with Gasteiger partial charge in [-0.2, -0.15) is 0 Å². The maximum atomic E-state index is 12.4. The Morgan fingerprint density at radius 3 is 2.65 bits per heavy atom. The van der Waals surface area contributed by atoms with Gasteiger partial charge in [-0.15, -0.1) is 11.8 Å². The van der Waals surface area contributed by atoms with Crippen molar-refractivity contribution in [2.24, 2.45) is 5.92 Å². The molecule has 4 nitrogen and oxygen atoms in total. The minimum Gasteiger partial charge on any atom is -0.444 e. The first-order valence-corrected chi connectivity index (χ1v) is 8.58. The van der Waals surface area contributed by atoms with Gasteiger partial charge in [-0.3, -0.25) is 0 Å². The number of piperidine rings is 1. The van der Waals surface area contributed by atoms with Crippen molar-refractivity contribution in [2.45, 2.75) is 64.0 Å². The molecule has 2 aliphatic rings. The summed E-state index contributed by atoms with van der Waals surface area (Å²) in [4.78, 5) is 14.3. The number of nitrogens with zero attached hydrogens (tertiary/aromatic N) is 1. The Balaban J connectivity index is 2.03. The van der Waals surface area contributed by atoms with E-state index in [1.807, 2.05) is 37.4 Å². The van der Waals surface area contributed by atoms with Gasteiger partial charge >= 0.3 is 6.09 Å². The van der Waals surface area contributed by atoms with Crippen LogP contribution in [-0.2, 0) is 4.74 Å². The summed E-state index contributed by atoms with van der Waals surface area (Å²) >= 11 is 1.98. The molecule has 0 aromatic heterocycles. The van der Waals surface area contributed by atoms with Gasteiger partial charge in [0.1, 0.15) is 5.60 Å². The SMILES string of the molecule is CC1CNC2(CCC(C)N(C(=O)OC(C)(C)C)C2)SC1. The minimum atomic E-state index is -0.428. The van der Waals surface area contributed by atoms with E-state index in [4.69, 9.17) is 4.74 Å². The molecular weight excluding hydrogens is 272 g/mol. The van der Waals surface area contributed by atoms with Crippen LogP contribution < -0.4 is 5.32 Å². The molecule has 3 unspecified atom stereocenters. The van der Waals surface area contributed by atoms with E-state index in [2.05, 4.69) is 19.2 Å². The molecule has 0 saturated carbocycles. The number of carbonyl (C=O) groups excluding carboxylic acids is 1. The number of ether oxygens (including phenoxy) is 1. The van der Waals surface area contributed by atoms with Crippen molar-refractivity contribution >= 4 is 17.9 Å². The number of thioether (sulfide) groups is 1. The van der Waals surface area contributed by atoms with Crippen LogP contribution in [0, 0.1) is 5.92 Å². The van der Waals surface area contributed by atoms with E-state index in [-0.39, 0.29) is 17.0 Å². The van der Waals surface area contributed by atoms with Gasteiger partial charge in [0.25, 0.3) is 0 Å². The fourth-order valence-electron chi connectivity index (χ4n) is 2.71. The molecule has 0 aromatic carbocycles. The molecular formula is C15H28N2O2S. The van der Waals surface area contributed by atoms with E-state index in [1.165, 1.54) is 5.75 Å². The molecule has 1 amide bonds. The third kappa shape index (κ3) is 3.82. The summed E-state index contributed by atoms with van der Waals surface area (Å²) in [7, 11) is 0. The van der Waals surface area contributed by atoms with Gasteiger partial charge in [-0.1, -0.05) is 6.92 Å². The predicted octanol–water partition coefficient (Wildman–Crippen LogP) is 3.07. The van der Waals surface area contributed by atoms with E-state index in [9.17, 15) is 4.79 Å². The highest BCUT2D eigenvalue weighted by atomic mass is 32.2. The molecule has 116 valence electrons. The zero-order valence-corrected chi connectivity index (χ0v) is 14.2. The lowest BCUT2D eigenvalue weighted by Crippen LogP contribution is -2.61. The third-order valence-corrected chi connectivity index (χ3v) is 5.73. The second kappa shape index (κ2) is 5.76. The Hall–Kier alpha value is -0.420. The molecule has 1 N–H and O–H groups in total. The normalized spacial score (nSPS) is 35.1. The van der Waals surface area contributed by atoms with Gasteiger partial charge < -0.3 is 15.0 Å². The van der Waals surface area contributed by atoms with Crippen LogP contribution in [0.15, 0.2) is 0 Å². The van der Waals surface area contributed by atoms with Crippen LogP contribution in [0.3, 0.4) is 0 Å². The van der Waals surface area contributed by atoms with Crippen molar-refractivity contribution in [3.8, 4) is 0 Å². The zero-order chi connectivity index (χ0) is 15.0. The Morgan fingerprint density at radius 2 is 2.10 bits per heavy atom. The van der Waals surface area contributed by atoms with Gasteiger partial charge in [0.15, 0.2) is 0 Å². The van der Waals surface area contributed by atoms with Crippen molar-refractivity contribution in [2.75, 3.05) is 18.8 Å². The molecule has 2 fully saturated rings. The fourth-order valence-corrected chi connectivity index (χ4v) is 4.11. The first-order valence-electron chi connectivity index (χ1n) is 7.59. The van der Waals surface area contributed by atoms with Gasteiger partial charge in [0.2, 0.25) is 0 Å². The van der Waals surface area contributed by atoms with Crippen LogP contribution in [0.5, 0.6) is 0 Å². The molecule has 2 heterocycles. The summed E-state index contributed by atoms with van der Waals surface area (Å²) in [6, 6.07) is 0.261. The Kier molecular flexibility index (Phi) is 4.59. The number of carbonyl (C=O) groups is 1. The summed E-state index contributed by atoms with van der Waals surface area (Å²) in [6.07, 6.45) is 1.99. The summed E-state index contributed by atoms with van der Waals surface area (Å²) in [6.45, 7) is 11.9. The van der Waals surface area contributed by atoms with Crippen LogP contribution >= 0.6 is 11.8 Å². The molecule has 2 rings (SSSR count). The van der Waals surface area contributed by atoms with E-state index in [0.717, 1.165) is 25.9 Å². The molecule has 0 aliphatic carbocycles. The van der Waals surface area contributed by atoms with Gasteiger partial charge in [-0.05, 0) is 58.8 Å². The molecule has 5 heteroatoms. The molecule has 0 bridgehead atoms. The largest absolute Gasteiger partial charge is 0.444 e. The van der Waals surface area contributed by atoms with Crippen LogP contribution in [0.2, 0.25) is 0 Å². The quantitative estimate of drug-likeness (QED) is 0.746. The summed E-state index contributed by atoms with van der Waals surface area (Å²) in [5.41, 5.74) is -0.428. The number of hydrogen-bond acceptors (Lipinski definition) is 4. The maximum absolute atomic E-state index is 12.4. The van der Waals surface area contributed by atoms with Crippen LogP contribution in [0.25, 0.3) is 0 Å². The number of likely N-dealkylation sites (tertiary alicyclic amines) is 1. The van der Waals surface area contributed by atoms with E-state index in [0.29, 0.717) is 5.92 Å². The number of hydrogen-bond donors (Lipinski definition) is 1. The topological polar surface area (TPSA) is 41.6 Å². The average molecular weight is 300 g/mol. The Labute approximate surface area is 127 Å². The van der Waals surface area contributed by atoms with Gasteiger partial charge in [0.05, 0.1) is 11.4 Å². The smallest absolute Gasteiger partial charge is 0.410 e. The van der Waals surface area contributed by atoms with E-state index >= 15 is 0 Å². The van der Waals surface area contributed by atoms with E-state index in [1.54, 1.807) is 0 Å². The van der Waals surface area contributed by atoms with Gasteiger partial charge in [-0.25, -0.2) is 4.79 Å². The predicted molar refractivity (Wildman–Crippen MR) is 84.0 cm³/mol. The average Bonchev–Trinajstić information content (AvgIpc) is 2.34. The summed E-state index contributed by atoms with van der Waals surface area (Å²) in [5.74, 6) is 1.88. The van der Waals surface area contributed by atoms with Crippen molar-refractivity contribution in [3.05, 3.63) is 0 Å². The monoisotopic (exact) mass is 300 g/mol. The zero-order valence-electron chi connectivity index (χ0n) is 13.4. The molecule has 2 aliphatic heterocycles. The molecule has 2 saturated heterocycles. The lowest BCUT2D eigenvalue weighted by molar-refractivity contribution is 0.00570. The highest BCUT2D eigenvalue weighted by molar-refractivity contribution is 8.00. The Morgan fingerprint density at radius 1 is 1.40 bits per heavy atom. The van der Waals surface area contributed by atoms with Gasteiger partial charge in [0, 0.05) is 6.04 Å². The van der Waals surface area contributed by atoms with Crippen LogP contribution in [0.4, 0.5) is 4.79 Å². The summed E-state index contributed by atoms with van der Waals surface area (Å²) in [5, 5.41) is 3.67. The second-order valence-corrected chi connectivity index (χ2v) is 8.69. The molecule has 3 atom stereocenters. The Bertz CT molecular complexity index is 354. The second-order valence-electron chi connectivity index (χ2n) is 7.29. The standard InChI is InChI=1S/C15H28N2O2S/c1-11-8-16-15(20-9-11)7-6-12(2)17(10-15)13(18)19-14(3,4)5/h11-12,16H,6-10H2,1-5H3. The molecule has 0 aromatic rings. The number of nitrogens with one attached hydrogen (secondary N) is 1. The van der Waals surface area contributed by atoms with Crippen molar-refractivity contribution in [3.63, 3.8) is 0 Å². The molecule has 0 radical (unpaired) electrons. The fraction of sp³-hybridized carbons (Fsp3) is 0.933. The number of amides is 1. The third-order valence-electron chi connectivity index (χ3n) is 3.97. The first-order chi connectivity index (χ1) is 9.21. The minimum absolute atomic E-state index is 0.0376. The number of rotatable bonds is 0. The van der Waals surface area contributed by atoms with Crippen LogP contribution in [0.1, 0.15) is 47.5 Å². The maximum Gasteiger partial charge on any atom is 0.410 e. The van der Waals surface area contributed by atoms with Crippen molar-refractivity contribution in [1.29, 1.82) is 0 Å². The van der Waals surface area contributed by atoms with Crippen molar-refractivity contribution < 1.29 is 9.53 Å².